The van der Waals surface area contributed by atoms with Crippen LogP contribution in [0, 0.1) is 11.6 Å². The monoisotopic (exact) mass is 259 g/mol. The maximum absolute atomic E-state index is 13.0. The topological polar surface area (TPSA) is 37.4 Å². The van der Waals surface area contributed by atoms with E-state index in [1.165, 1.54) is 6.07 Å². The molecule has 1 aliphatic heterocycles. The number of rotatable bonds is 1. The second-order valence-electron chi connectivity index (χ2n) is 3.83. The number of benzene rings is 1. The summed E-state index contributed by atoms with van der Waals surface area (Å²) in [5, 5.41) is -0.847. The Morgan fingerprint density at radius 1 is 1.35 bits per heavy atom. The fourth-order valence-electron chi connectivity index (χ4n) is 1.87. The average Bonchev–Trinajstić information content (AvgIpc) is 2.64. The molecule has 1 fully saturated rings. The number of halogens is 3. The first kappa shape index (κ1) is 12.0. The van der Waals surface area contributed by atoms with Crippen molar-refractivity contribution in [3.8, 4) is 0 Å². The number of likely N-dealkylation sites (tertiary alicyclic amines) is 1. The Kier molecular flexibility index (Phi) is 3.11. The van der Waals surface area contributed by atoms with Gasteiger partial charge in [-0.1, -0.05) is 6.07 Å². The van der Waals surface area contributed by atoms with Crippen LogP contribution in [0.25, 0.3) is 0 Å². The minimum absolute atomic E-state index is 0.0729. The Balaban J connectivity index is 2.22. The predicted octanol–water partition coefficient (Wildman–Crippen LogP) is 2.64. The van der Waals surface area contributed by atoms with Crippen LogP contribution >= 0.6 is 11.6 Å². The van der Waals surface area contributed by atoms with E-state index in [4.69, 9.17) is 11.6 Å². The van der Waals surface area contributed by atoms with Crippen molar-refractivity contribution in [3.63, 3.8) is 0 Å². The van der Waals surface area contributed by atoms with E-state index in [1.807, 2.05) is 0 Å². The standard InChI is InChI=1S/C11H8ClF2NO2/c12-11(17)15-5-7(4-10(15)16)6-1-2-8(13)9(14)3-6/h1-3,7H,4-5H2. The van der Waals surface area contributed by atoms with Crippen molar-refractivity contribution >= 4 is 22.9 Å². The lowest BCUT2D eigenvalue weighted by Gasteiger charge is -2.11. The maximum atomic E-state index is 13.0. The van der Waals surface area contributed by atoms with Gasteiger partial charge in [-0.3, -0.25) is 14.5 Å². The number of amides is 2. The summed E-state index contributed by atoms with van der Waals surface area (Å²) in [4.78, 5) is 23.2. The lowest BCUT2D eigenvalue weighted by molar-refractivity contribution is -0.124. The first-order chi connectivity index (χ1) is 7.99. The van der Waals surface area contributed by atoms with Crippen molar-refractivity contribution in [2.75, 3.05) is 6.54 Å². The fraction of sp³-hybridized carbons (Fsp3) is 0.273. The average molecular weight is 260 g/mol. The number of carbonyl (C=O) groups excluding carboxylic acids is 2. The first-order valence-electron chi connectivity index (χ1n) is 4.94. The quantitative estimate of drug-likeness (QED) is 0.574. The molecule has 1 aromatic rings. The molecule has 90 valence electrons. The normalized spacial score (nSPS) is 19.8. The van der Waals surface area contributed by atoms with Crippen LogP contribution in [0.1, 0.15) is 17.9 Å². The molecular formula is C11H8ClF2NO2. The molecule has 0 aliphatic carbocycles. The van der Waals surface area contributed by atoms with Gasteiger partial charge in [0.05, 0.1) is 0 Å². The third-order valence-electron chi connectivity index (χ3n) is 2.75. The van der Waals surface area contributed by atoms with Crippen LogP contribution < -0.4 is 0 Å². The van der Waals surface area contributed by atoms with Gasteiger partial charge in [0.2, 0.25) is 5.91 Å². The van der Waals surface area contributed by atoms with Gasteiger partial charge in [0.1, 0.15) is 0 Å². The van der Waals surface area contributed by atoms with Gasteiger partial charge in [-0.25, -0.2) is 8.78 Å². The molecule has 0 aromatic heterocycles. The summed E-state index contributed by atoms with van der Waals surface area (Å²) in [5.74, 6) is -2.64. The molecule has 1 heterocycles. The predicted molar refractivity (Wildman–Crippen MR) is 56.7 cm³/mol. The highest BCUT2D eigenvalue weighted by Gasteiger charge is 2.34. The molecule has 3 nitrogen and oxygen atoms in total. The van der Waals surface area contributed by atoms with Crippen LogP contribution in [-0.4, -0.2) is 22.7 Å². The molecule has 1 aliphatic rings. The van der Waals surface area contributed by atoms with E-state index < -0.39 is 22.9 Å². The minimum Gasteiger partial charge on any atom is -0.274 e. The van der Waals surface area contributed by atoms with E-state index >= 15 is 0 Å². The van der Waals surface area contributed by atoms with E-state index in [-0.39, 0.29) is 18.9 Å². The largest absolute Gasteiger partial charge is 0.323 e. The van der Waals surface area contributed by atoms with Crippen LogP contribution in [0.4, 0.5) is 13.6 Å². The molecule has 0 saturated carbocycles. The zero-order valence-corrected chi connectivity index (χ0v) is 9.38. The van der Waals surface area contributed by atoms with Crippen molar-refractivity contribution in [1.82, 2.24) is 4.90 Å². The molecule has 1 atom stereocenters. The summed E-state index contributed by atoms with van der Waals surface area (Å²) in [6, 6.07) is 3.44. The van der Waals surface area contributed by atoms with Gasteiger partial charge in [-0.05, 0) is 29.3 Å². The summed E-state index contributed by atoms with van der Waals surface area (Å²) in [6.45, 7) is 0.103. The molecule has 1 unspecified atom stereocenters. The Morgan fingerprint density at radius 2 is 2.06 bits per heavy atom. The van der Waals surface area contributed by atoms with Gasteiger partial charge >= 0.3 is 5.37 Å². The summed E-state index contributed by atoms with van der Waals surface area (Å²) in [7, 11) is 0. The summed E-state index contributed by atoms with van der Waals surface area (Å²) < 4.78 is 25.8. The smallest absolute Gasteiger partial charge is 0.274 e. The molecule has 0 spiro atoms. The molecule has 6 heteroatoms. The van der Waals surface area contributed by atoms with Gasteiger partial charge in [0.15, 0.2) is 11.6 Å². The van der Waals surface area contributed by atoms with E-state index in [1.54, 1.807) is 0 Å². The maximum Gasteiger partial charge on any atom is 0.323 e. The molecular weight excluding hydrogens is 252 g/mol. The van der Waals surface area contributed by atoms with Gasteiger partial charge < -0.3 is 0 Å². The van der Waals surface area contributed by atoms with Crippen molar-refractivity contribution in [1.29, 1.82) is 0 Å². The van der Waals surface area contributed by atoms with E-state index in [0.717, 1.165) is 17.0 Å². The molecule has 0 radical (unpaired) electrons. The number of hydrogen-bond acceptors (Lipinski definition) is 2. The Hall–Kier alpha value is -1.49. The molecule has 2 rings (SSSR count). The lowest BCUT2D eigenvalue weighted by atomic mass is 9.98. The molecule has 17 heavy (non-hydrogen) atoms. The van der Waals surface area contributed by atoms with Crippen LogP contribution in [0.3, 0.4) is 0 Å². The zero-order chi connectivity index (χ0) is 12.6. The van der Waals surface area contributed by atoms with Crippen LogP contribution in [0.15, 0.2) is 18.2 Å². The van der Waals surface area contributed by atoms with Crippen molar-refractivity contribution in [2.45, 2.75) is 12.3 Å². The second kappa shape index (κ2) is 4.41. The van der Waals surface area contributed by atoms with Gasteiger partial charge in [-0.15, -0.1) is 0 Å². The number of imide groups is 1. The summed E-state index contributed by atoms with van der Waals surface area (Å²) in [6.07, 6.45) is 0.0729. The summed E-state index contributed by atoms with van der Waals surface area (Å²) in [5.41, 5.74) is 0.484. The highest BCUT2D eigenvalue weighted by molar-refractivity contribution is 6.64. The van der Waals surface area contributed by atoms with Crippen LogP contribution in [0.5, 0.6) is 0 Å². The lowest BCUT2D eigenvalue weighted by Crippen LogP contribution is -2.27. The van der Waals surface area contributed by atoms with Crippen molar-refractivity contribution < 1.29 is 18.4 Å². The number of nitrogens with zero attached hydrogens (tertiary/aromatic N) is 1. The first-order valence-corrected chi connectivity index (χ1v) is 5.31. The Bertz CT molecular complexity index is 492. The molecule has 0 bridgehead atoms. The van der Waals surface area contributed by atoms with Crippen molar-refractivity contribution in [3.05, 3.63) is 35.4 Å². The van der Waals surface area contributed by atoms with Crippen LogP contribution in [-0.2, 0) is 4.79 Å². The highest BCUT2D eigenvalue weighted by atomic mass is 35.5. The van der Waals surface area contributed by atoms with E-state index in [2.05, 4.69) is 0 Å². The van der Waals surface area contributed by atoms with E-state index in [9.17, 15) is 18.4 Å². The molecule has 0 N–H and O–H groups in total. The fourth-order valence-corrected chi connectivity index (χ4v) is 2.03. The van der Waals surface area contributed by atoms with E-state index in [0.29, 0.717) is 5.56 Å². The van der Waals surface area contributed by atoms with Gasteiger partial charge in [0.25, 0.3) is 0 Å². The second-order valence-corrected chi connectivity index (χ2v) is 4.16. The van der Waals surface area contributed by atoms with Gasteiger partial charge in [0, 0.05) is 18.9 Å². The van der Waals surface area contributed by atoms with Gasteiger partial charge in [-0.2, -0.15) is 0 Å². The number of carbonyl (C=O) groups is 2. The number of hydrogen-bond donors (Lipinski definition) is 0. The highest BCUT2D eigenvalue weighted by Crippen LogP contribution is 2.29. The minimum atomic E-state index is -0.967. The Labute approximate surface area is 101 Å². The molecule has 1 saturated heterocycles. The van der Waals surface area contributed by atoms with Crippen LogP contribution in [0.2, 0.25) is 0 Å². The third-order valence-corrected chi connectivity index (χ3v) is 2.96. The molecule has 1 aromatic carbocycles. The Morgan fingerprint density at radius 3 is 2.59 bits per heavy atom. The van der Waals surface area contributed by atoms with Crippen molar-refractivity contribution in [2.24, 2.45) is 0 Å². The SMILES string of the molecule is O=C(Cl)N1CC(c2ccc(F)c(F)c2)CC1=O. The zero-order valence-electron chi connectivity index (χ0n) is 8.62. The summed E-state index contributed by atoms with van der Waals surface area (Å²) >= 11 is 5.22. The molecule has 2 amide bonds. The third kappa shape index (κ3) is 2.29.